The van der Waals surface area contributed by atoms with Crippen LogP contribution in [0.15, 0.2) is 47.0 Å². The molecule has 0 radical (unpaired) electrons. The number of nitrogens with zero attached hydrogens (tertiary/aromatic N) is 3. The van der Waals surface area contributed by atoms with Crippen molar-refractivity contribution in [3.8, 4) is 11.4 Å². The van der Waals surface area contributed by atoms with Crippen molar-refractivity contribution >= 4 is 5.91 Å². The molecule has 0 spiro atoms. The number of piperidine rings is 1. The van der Waals surface area contributed by atoms with Crippen LogP contribution >= 0.6 is 0 Å². The lowest BCUT2D eigenvalue weighted by Gasteiger charge is -2.31. The highest BCUT2D eigenvalue weighted by atomic mass is 16.5. The van der Waals surface area contributed by atoms with E-state index in [1.807, 2.05) is 31.2 Å². The zero-order chi connectivity index (χ0) is 22.7. The summed E-state index contributed by atoms with van der Waals surface area (Å²) in [6.07, 6.45) is 1.88. The number of amides is 1. The molecule has 4 rings (SSSR count). The van der Waals surface area contributed by atoms with Crippen LogP contribution in [-0.4, -0.2) is 34.0 Å². The average molecular weight is 433 g/mol. The molecule has 2 unspecified atom stereocenters. The van der Waals surface area contributed by atoms with Gasteiger partial charge < -0.3 is 9.84 Å². The molecular weight excluding hydrogens is 400 g/mol. The molecule has 0 saturated carbocycles. The predicted molar refractivity (Wildman–Crippen MR) is 125 cm³/mol. The summed E-state index contributed by atoms with van der Waals surface area (Å²) in [6, 6.07) is 14.5. The number of carbonyl (C=O) groups is 1. The van der Waals surface area contributed by atoms with Crippen molar-refractivity contribution < 1.29 is 9.32 Å². The van der Waals surface area contributed by atoms with E-state index in [1.165, 1.54) is 16.7 Å². The highest BCUT2D eigenvalue weighted by Crippen LogP contribution is 2.22. The molecule has 6 nitrogen and oxygen atoms in total. The van der Waals surface area contributed by atoms with Crippen LogP contribution in [0.4, 0.5) is 0 Å². The maximum atomic E-state index is 13.0. The van der Waals surface area contributed by atoms with E-state index < -0.39 is 0 Å². The minimum atomic E-state index is -0.0303. The van der Waals surface area contributed by atoms with Gasteiger partial charge in [0.05, 0.1) is 18.5 Å². The highest BCUT2D eigenvalue weighted by Gasteiger charge is 2.28. The average Bonchev–Trinajstić information content (AvgIpc) is 3.24. The molecule has 1 saturated heterocycles. The van der Waals surface area contributed by atoms with Crippen molar-refractivity contribution in [2.75, 3.05) is 13.1 Å². The molecule has 2 aromatic carbocycles. The van der Waals surface area contributed by atoms with Crippen LogP contribution in [0, 0.1) is 26.7 Å². The Labute approximate surface area is 190 Å². The number of hydrogen-bond acceptors (Lipinski definition) is 5. The van der Waals surface area contributed by atoms with Gasteiger partial charge in [-0.2, -0.15) is 4.98 Å². The van der Waals surface area contributed by atoms with Crippen molar-refractivity contribution in [2.45, 2.75) is 53.1 Å². The van der Waals surface area contributed by atoms with E-state index in [0.29, 0.717) is 24.8 Å². The van der Waals surface area contributed by atoms with Crippen LogP contribution in [0.25, 0.3) is 11.4 Å². The van der Waals surface area contributed by atoms with Gasteiger partial charge in [-0.1, -0.05) is 53.2 Å². The van der Waals surface area contributed by atoms with Crippen molar-refractivity contribution in [1.82, 2.24) is 20.4 Å². The third-order valence-corrected chi connectivity index (χ3v) is 6.40. The van der Waals surface area contributed by atoms with Crippen LogP contribution in [0.3, 0.4) is 0 Å². The van der Waals surface area contributed by atoms with Gasteiger partial charge in [0.15, 0.2) is 0 Å². The summed E-state index contributed by atoms with van der Waals surface area (Å²) >= 11 is 0. The van der Waals surface area contributed by atoms with Gasteiger partial charge in [0.25, 0.3) is 0 Å². The Morgan fingerprint density at radius 2 is 1.94 bits per heavy atom. The quantitative estimate of drug-likeness (QED) is 0.609. The maximum absolute atomic E-state index is 13.0. The molecule has 1 aliphatic rings. The van der Waals surface area contributed by atoms with Crippen LogP contribution < -0.4 is 5.32 Å². The monoisotopic (exact) mass is 432 g/mol. The first kappa shape index (κ1) is 22.2. The van der Waals surface area contributed by atoms with Crippen LogP contribution in [-0.2, 0) is 11.3 Å². The number of nitrogens with one attached hydrogen (secondary N) is 1. The van der Waals surface area contributed by atoms with Crippen molar-refractivity contribution in [1.29, 1.82) is 0 Å². The fourth-order valence-corrected chi connectivity index (χ4v) is 4.19. The van der Waals surface area contributed by atoms with Crippen molar-refractivity contribution in [2.24, 2.45) is 5.92 Å². The number of rotatable bonds is 6. The van der Waals surface area contributed by atoms with E-state index in [4.69, 9.17) is 4.52 Å². The van der Waals surface area contributed by atoms with Gasteiger partial charge in [-0.05, 0) is 63.8 Å². The molecule has 0 aliphatic carbocycles. The topological polar surface area (TPSA) is 71.3 Å². The Bertz CT molecular complexity index is 1070. The Hall–Kier alpha value is -2.99. The Balaban J connectivity index is 1.34. The summed E-state index contributed by atoms with van der Waals surface area (Å²) in [5.41, 5.74) is 5.80. The Morgan fingerprint density at radius 3 is 2.69 bits per heavy atom. The fourth-order valence-electron chi connectivity index (χ4n) is 4.19. The number of carbonyl (C=O) groups excluding carboxylic acids is 1. The van der Waals surface area contributed by atoms with E-state index in [2.05, 4.69) is 59.3 Å². The van der Waals surface area contributed by atoms with Gasteiger partial charge in [-0.15, -0.1) is 0 Å². The summed E-state index contributed by atoms with van der Waals surface area (Å²) in [5.74, 6) is 1.28. The SMILES string of the molecule is Cc1ccc(-c2noc(CN3CCCC(C(=O)NC(C)c4ccc(C)c(C)c4)C3)n2)cc1. The molecular formula is C26H32N4O2. The second-order valence-corrected chi connectivity index (χ2v) is 9.03. The molecule has 1 amide bonds. The first-order valence-electron chi connectivity index (χ1n) is 11.4. The predicted octanol–water partition coefficient (Wildman–Crippen LogP) is 4.75. The lowest BCUT2D eigenvalue weighted by Crippen LogP contribution is -2.43. The smallest absolute Gasteiger partial charge is 0.241 e. The van der Waals surface area contributed by atoms with Crippen LogP contribution in [0.5, 0.6) is 0 Å². The van der Waals surface area contributed by atoms with Gasteiger partial charge in [0.2, 0.25) is 17.6 Å². The van der Waals surface area contributed by atoms with Gasteiger partial charge in [-0.3, -0.25) is 9.69 Å². The van der Waals surface area contributed by atoms with Crippen LogP contribution in [0.1, 0.15) is 54.0 Å². The summed E-state index contributed by atoms with van der Waals surface area (Å²) < 4.78 is 5.49. The van der Waals surface area contributed by atoms with E-state index in [9.17, 15) is 4.79 Å². The largest absolute Gasteiger partial charge is 0.349 e. The minimum Gasteiger partial charge on any atom is -0.349 e. The van der Waals surface area contributed by atoms with E-state index in [1.54, 1.807) is 0 Å². The zero-order valence-electron chi connectivity index (χ0n) is 19.4. The molecule has 1 N–H and O–H groups in total. The molecule has 2 heterocycles. The molecule has 1 aliphatic heterocycles. The minimum absolute atomic E-state index is 0.00909. The lowest BCUT2D eigenvalue weighted by molar-refractivity contribution is -0.127. The molecule has 1 fully saturated rings. The van der Waals surface area contributed by atoms with Gasteiger partial charge in [-0.25, -0.2) is 0 Å². The Morgan fingerprint density at radius 1 is 1.16 bits per heavy atom. The van der Waals surface area contributed by atoms with Gasteiger partial charge >= 0.3 is 0 Å². The van der Waals surface area contributed by atoms with Gasteiger partial charge in [0, 0.05) is 12.1 Å². The number of hydrogen-bond donors (Lipinski definition) is 1. The molecule has 168 valence electrons. The fraction of sp³-hybridized carbons (Fsp3) is 0.423. The number of benzene rings is 2. The highest BCUT2D eigenvalue weighted by molar-refractivity contribution is 5.79. The number of likely N-dealkylation sites (tertiary alicyclic amines) is 1. The summed E-state index contributed by atoms with van der Waals surface area (Å²) in [6.45, 7) is 10.5. The number of aryl methyl sites for hydroxylation is 3. The second kappa shape index (κ2) is 9.65. The Kier molecular flexibility index (Phi) is 6.70. The van der Waals surface area contributed by atoms with Gasteiger partial charge in [0.1, 0.15) is 0 Å². The molecule has 3 aromatic rings. The zero-order valence-corrected chi connectivity index (χ0v) is 19.4. The molecule has 0 bridgehead atoms. The molecule has 2 atom stereocenters. The third-order valence-electron chi connectivity index (χ3n) is 6.40. The summed E-state index contributed by atoms with van der Waals surface area (Å²) in [4.78, 5) is 19.8. The van der Waals surface area contributed by atoms with Crippen LogP contribution in [0.2, 0.25) is 0 Å². The lowest BCUT2D eigenvalue weighted by atomic mass is 9.96. The first-order chi connectivity index (χ1) is 15.4. The number of aromatic nitrogens is 2. The standard InChI is InChI=1S/C26H32N4O2/c1-17-7-10-21(11-8-17)25-28-24(32-29-25)16-30-13-5-6-23(15-30)26(31)27-20(4)22-12-9-18(2)19(3)14-22/h7-12,14,20,23H,5-6,13,15-16H2,1-4H3,(H,27,31). The molecule has 1 aromatic heterocycles. The third kappa shape index (κ3) is 5.25. The second-order valence-electron chi connectivity index (χ2n) is 9.03. The molecule has 32 heavy (non-hydrogen) atoms. The normalized spacial score (nSPS) is 17.8. The molecule has 6 heteroatoms. The summed E-state index contributed by atoms with van der Waals surface area (Å²) in [7, 11) is 0. The van der Waals surface area contributed by atoms with Crippen molar-refractivity contribution in [3.05, 3.63) is 70.6 Å². The van der Waals surface area contributed by atoms with Crippen molar-refractivity contribution in [3.63, 3.8) is 0 Å². The maximum Gasteiger partial charge on any atom is 0.241 e. The van der Waals surface area contributed by atoms with E-state index in [0.717, 1.165) is 30.5 Å². The first-order valence-corrected chi connectivity index (χ1v) is 11.4. The van der Waals surface area contributed by atoms with E-state index >= 15 is 0 Å². The van der Waals surface area contributed by atoms with E-state index in [-0.39, 0.29) is 17.9 Å². The summed E-state index contributed by atoms with van der Waals surface area (Å²) in [5, 5.41) is 7.34.